The minimum atomic E-state index is -0.772. The van der Waals surface area contributed by atoms with Gasteiger partial charge in [-0.15, -0.1) is 11.3 Å². The molecule has 0 saturated heterocycles. The van der Waals surface area contributed by atoms with Crippen LogP contribution in [0.5, 0.6) is 0 Å². The minimum Gasteiger partial charge on any atom is -0.481 e. The molecule has 2 rings (SSSR count). The summed E-state index contributed by atoms with van der Waals surface area (Å²) in [4.78, 5) is 20.9. The van der Waals surface area contributed by atoms with Crippen LogP contribution < -0.4 is 5.32 Å². The number of anilines is 1. The fourth-order valence-electron chi connectivity index (χ4n) is 1.56. The summed E-state index contributed by atoms with van der Waals surface area (Å²) in [6.07, 6.45) is 2.28. The molecule has 0 fully saturated rings. The molecule has 2 aromatic rings. The Bertz CT molecular complexity index is 538. The van der Waals surface area contributed by atoms with Crippen molar-refractivity contribution in [3.63, 3.8) is 0 Å². The van der Waals surface area contributed by atoms with E-state index in [9.17, 15) is 4.79 Å². The maximum atomic E-state index is 10.4. The minimum absolute atomic E-state index is 0.171. The van der Waals surface area contributed by atoms with Gasteiger partial charge in [0.1, 0.15) is 17.0 Å². The van der Waals surface area contributed by atoms with E-state index in [-0.39, 0.29) is 6.42 Å². The summed E-state index contributed by atoms with van der Waals surface area (Å²) in [6, 6.07) is 2.04. The second kappa shape index (κ2) is 5.09. The second-order valence-corrected chi connectivity index (χ2v) is 4.96. The molecule has 0 amide bonds. The summed E-state index contributed by atoms with van der Waals surface area (Å²) >= 11 is 1.63. The molecule has 6 heteroatoms. The van der Waals surface area contributed by atoms with E-state index in [1.54, 1.807) is 11.3 Å². The molecule has 2 heterocycles. The average Bonchev–Trinajstić information content (AvgIpc) is 2.65. The summed E-state index contributed by atoms with van der Waals surface area (Å²) in [7, 11) is 0. The fourth-order valence-corrected chi connectivity index (χ4v) is 2.41. The second-order valence-electron chi connectivity index (χ2n) is 3.72. The number of thiophene rings is 1. The molecule has 0 unspecified atom stereocenters. The van der Waals surface area contributed by atoms with Crippen LogP contribution in [0.1, 0.15) is 17.7 Å². The van der Waals surface area contributed by atoms with Crippen molar-refractivity contribution in [3.05, 3.63) is 17.3 Å². The van der Waals surface area contributed by atoms with Gasteiger partial charge in [0, 0.05) is 17.8 Å². The van der Waals surface area contributed by atoms with Gasteiger partial charge < -0.3 is 10.4 Å². The maximum Gasteiger partial charge on any atom is 0.303 e. The largest absolute Gasteiger partial charge is 0.481 e. The number of rotatable bonds is 5. The standard InChI is InChI=1S/C11H13N3O2S/c1-7-5-8-10(12-4-2-3-9(15)16)13-6-14-11(8)17-7/h5-6H,2-4H2,1H3,(H,15,16)(H,12,13,14). The Morgan fingerprint density at radius 2 is 2.35 bits per heavy atom. The number of fused-ring (bicyclic) bond motifs is 1. The van der Waals surface area contributed by atoms with Crippen molar-refractivity contribution in [1.82, 2.24) is 9.97 Å². The normalized spacial score (nSPS) is 10.6. The Kier molecular flexibility index (Phi) is 3.53. The number of aromatic nitrogens is 2. The highest BCUT2D eigenvalue weighted by Gasteiger charge is 2.06. The first-order valence-electron chi connectivity index (χ1n) is 5.33. The zero-order valence-electron chi connectivity index (χ0n) is 9.43. The van der Waals surface area contributed by atoms with Crippen LogP contribution in [0.15, 0.2) is 12.4 Å². The van der Waals surface area contributed by atoms with E-state index < -0.39 is 5.97 Å². The Morgan fingerprint density at radius 3 is 3.12 bits per heavy atom. The van der Waals surface area contributed by atoms with Gasteiger partial charge in [-0.2, -0.15) is 0 Å². The molecular weight excluding hydrogens is 238 g/mol. The lowest BCUT2D eigenvalue weighted by atomic mass is 10.3. The van der Waals surface area contributed by atoms with Gasteiger partial charge in [-0.05, 0) is 19.4 Å². The van der Waals surface area contributed by atoms with Crippen molar-refractivity contribution in [2.45, 2.75) is 19.8 Å². The zero-order chi connectivity index (χ0) is 12.3. The molecule has 0 aromatic carbocycles. The van der Waals surface area contributed by atoms with Crippen molar-refractivity contribution in [2.75, 3.05) is 11.9 Å². The molecule has 0 radical (unpaired) electrons. The average molecular weight is 251 g/mol. The van der Waals surface area contributed by atoms with Crippen LogP contribution in [0.3, 0.4) is 0 Å². The predicted octanol–water partition coefficient (Wildman–Crippen LogP) is 2.28. The Labute approximate surface area is 103 Å². The van der Waals surface area contributed by atoms with E-state index in [1.165, 1.54) is 11.2 Å². The van der Waals surface area contributed by atoms with Crippen LogP contribution in [0.4, 0.5) is 5.82 Å². The van der Waals surface area contributed by atoms with Crippen LogP contribution in [-0.2, 0) is 4.79 Å². The number of carboxylic acid groups (broad SMARTS) is 1. The molecule has 90 valence electrons. The van der Waals surface area contributed by atoms with Crippen molar-refractivity contribution < 1.29 is 9.90 Å². The number of carboxylic acids is 1. The Hall–Kier alpha value is -1.69. The number of aliphatic carboxylic acids is 1. The van der Waals surface area contributed by atoms with Gasteiger partial charge in [-0.25, -0.2) is 9.97 Å². The molecule has 2 aromatic heterocycles. The van der Waals surface area contributed by atoms with Gasteiger partial charge in [0.15, 0.2) is 0 Å². The van der Waals surface area contributed by atoms with Crippen molar-refractivity contribution in [2.24, 2.45) is 0 Å². The van der Waals surface area contributed by atoms with Crippen molar-refractivity contribution in [1.29, 1.82) is 0 Å². The molecule has 17 heavy (non-hydrogen) atoms. The summed E-state index contributed by atoms with van der Waals surface area (Å²) in [5.74, 6) is 0.00995. The summed E-state index contributed by atoms with van der Waals surface area (Å²) in [5.41, 5.74) is 0. The fraction of sp³-hybridized carbons (Fsp3) is 0.364. The van der Waals surface area contributed by atoms with Gasteiger partial charge in [-0.3, -0.25) is 4.79 Å². The molecule has 0 saturated carbocycles. The predicted molar refractivity (Wildman–Crippen MR) is 67.5 cm³/mol. The third kappa shape index (κ3) is 2.91. The first-order chi connectivity index (χ1) is 8.16. The molecule has 0 aliphatic rings. The molecule has 0 aliphatic carbocycles. The number of hydrogen-bond acceptors (Lipinski definition) is 5. The quantitative estimate of drug-likeness (QED) is 0.797. The van der Waals surface area contributed by atoms with Gasteiger partial charge in [0.2, 0.25) is 0 Å². The first-order valence-corrected chi connectivity index (χ1v) is 6.15. The van der Waals surface area contributed by atoms with E-state index in [2.05, 4.69) is 15.3 Å². The van der Waals surface area contributed by atoms with Crippen LogP contribution in [0.2, 0.25) is 0 Å². The third-order valence-corrected chi connectivity index (χ3v) is 3.27. The van der Waals surface area contributed by atoms with E-state index in [0.717, 1.165) is 16.0 Å². The van der Waals surface area contributed by atoms with Crippen molar-refractivity contribution >= 4 is 33.3 Å². The summed E-state index contributed by atoms with van der Waals surface area (Å²) in [5, 5.41) is 12.7. The number of aryl methyl sites for hydroxylation is 1. The molecule has 0 aliphatic heterocycles. The highest BCUT2D eigenvalue weighted by atomic mass is 32.1. The van der Waals surface area contributed by atoms with Crippen LogP contribution in [-0.4, -0.2) is 27.6 Å². The SMILES string of the molecule is Cc1cc2c(NCCCC(=O)O)ncnc2s1. The third-order valence-electron chi connectivity index (χ3n) is 2.31. The monoisotopic (exact) mass is 251 g/mol. The van der Waals surface area contributed by atoms with E-state index >= 15 is 0 Å². The van der Waals surface area contributed by atoms with E-state index in [0.29, 0.717) is 13.0 Å². The van der Waals surface area contributed by atoms with Gasteiger partial charge in [0.25, 0.3) is 0 Å². The number of carbonyl (C=O) groups is 1. The highest BCUT2D eigenvalue weighted by molar-refractivity contribution is 7.18. The molecule has 5 nitrogen and oxygen atoms in total. The Morgan fingerprint density at radius 1 is 1.53 bits per heavy atom. The van der Waals surface area contributed by atoms with Crippen LogP contribution >= 0.6 is 11.3 Å². The molecule has 0 atom stereocenters. The smallest absolute Gasteiger partial charge is 0.303 e. The number of hydrogen-bond donors (Lipinski definition) is 2. The number of nitrogens with one attached hydrogen (secondary N) is 1. The van der Waals surface area contributed by atoms with E-state index in [4.69, 9.17) is 5.11 Å². The first kappa shape index (κ1) is 11.8. The Balaban J connectivity index is 2.05. The van der Waals surface area contributed by atoms with Gasteiger partial charge in [0.05, 0.1) is 5.39 Å². The maximum absolute atomic E-state index is 10.4. The lowest BCUT2D eigenvalue weighted by Crippen LogP contribution is -2.06. The van der Waals surface area contributed by atoms with E-state index in [1.807, 2.05) is 13.0 Å². The molecule has 0 spiro atoms. The lowest BCUT2D eigenvalue weighted by molar-refractivity contribution is -0.137. The highest BCUT2D eigenvalue weighted by Crippen LogP contribution is 2.27. The van der Waals surface area contributed by atoms with Crippen LogP contribution in [0.25, 0.3) is 10.2 Å². The van der Waals surface area contributed by atoms with Crippen molar-refractivity contribution in [3.8, 4) is 0 Å². The molecule has 2 N–H and O–H groups in total. The number of nitrogens with zero attached hydrogens (tertiary/aromatic N) is 2. The molecule has 0 bridgehead atoms. The molecular formula is C11H13N3O2S. The zero-order valence-corrected chi connectivity index (χ0v) is 10.3. The summed E-state index contributed by atoms with van der Waals surface area (Å²) < 4.78 is 0. The topological polar surface area (TPSA) is 75.1 Å². The lowest BCUT2D eigenvalue weighted by Gasteiger charge is -2.04. The van der Waals surface area contributed by atoms with Gasteiger partial charge >= 0.3 is 5.97 Å². The van der Waals surface area contributed by atoms with Gasteiger partial charge in [-0.1, -0.05) is 0 Å². The summed E-state index contributed by atoms with van der Waals surface area (Å²) in [6.45, 7) is 2.63. The van der Waals surface area contributed by atoms with Crippen LogP contribution in [0, 0.1) is 6.92 Å².